The molecule has 0 saturated heterocycles. The van der Waals surface area contributed by atoms with Crippen LogP contribution in [0.1, 0.15) is 36.2 Å². The molecule has 2 atom stereocenters. The Morgan fingerprint density at radius 3 is 2.63 bits per heavy atom. The Bertz CT molecular complexity index is 980. The lowest BCUT2D eigenvalue weighted by Crippen LogP contribution is -2.54. The number of halogens is 2. The molecule has 3 amide bonds. The highest BCUT2D eigenvalue weighted by atomic mass is 79.9. The van der Waals surface area contributed by atoms with Crippen molar-refractivity contribution in [2.24, 2.45) is 5.92 Å². The zero-order chi connectivity index (χ0) is 21.8. The summed E-state index contributed by atoms with van der Waals surface area (Å²) in [6, 6.07) is 10.8. The van der Waals surface area contributed by atoms with Crippen LogP contribution in [0, 0.1) is 5.92 Å². The first kappa shape index (κ1) is 22.3. The van der Waals surface area contributed by atoms with E-state index in [0.717, 1.165) is 15.7 Å². The molecule has 0 spiro atoms. The zero-order valence-electron chi connectivity index (χ0n) is 16.7. The largest absolute Gasteiger partial charge is 0.342 e. The maximum Gasteiger partial charge on any atom is 0.253 e. The third-order valence-corrected chi connectivity index (χ3v) is 5.84. The third kappa shape index (κ3) is 5.21. The fourth-order valence-corrected chi connectivity index (χ4v) is 3.97. The molecule has 6 nitrogen and oxygen atoms in total. The number of fused-ring (bicyclic) bond motifs is 1. The molecule has 158 valence electrons. The molecule has 0 fully saturated rings. The molecule has 3 rings (SSSR count). The fourth-order valence-electron chi connectivity index (χ4n) is 3.34. The normalized spacial score (nSPS) is 16.8. The molecule has 0 saturated carbocycles. The van der Waals surface area contributed by atoms with E-state index in [2.05, 4.69) is 31.9 Å². The number of carbonyl (C=O) groups excluding carboxylic acids is 3. The van der Waals surface area contributed by atoms with Crippen LogP contribution in [0.3, 0.4) is 0 Å². The zero-order valence-corrected chi connectivity index (χ0v) is 19.0. The second kappa shape index (κ2) is 9.62. The van der Waals surface area contributed by atoms with E-state index < -0.39 is 23.9 Å². The van der Waals surface area contributed by atoms with Gasteiger partial charge in [-0.25, -0.2) is 0 Å². The van der Waals surface area contributed by atoms with E-state index in [9.17, 15) is 14.4 Å². The molecule has 8 heteroatoms. The van der Waals surface area contributed by atoms with Gasteiger partial charge in [-0.1, -0.05) is 53.5 Å². The molecule has 0 aliphatic carbocycles. The van der Waals surface area contributed by atoms with E-state index in [1.54, 1.807) is 24.3 Å². The minimum atomic E-state index is -0.804. The van der Waals surface area contributed by atoms with Crippen molar-refractivity contribution in [3.8, 4) is 0 Å². The molecule has 1 heterocycles. The maximum atomic E-state index is 12.9. The topological polar surface area (TPSA) is 87.3 Å². The van der Waals surface area contributed by atoms with E-state index in [1.165, 1.54) is 0 Å². The molecule has 2 aromatic carbocycles. The van der Waals surface area contributed by atoms with Crippen molar-refractivity contribution >= 4 is 50.9 Å². The average Bonchev–Trinajstić information content (AvgIpc) is 2.84. The van der Waals surface area contributed by atoms with Crippen molar-refractivity contribution in [1.29, 1.82) is 0 Å². The maximum absolute atomic E-state index is 12.9. The molecule has 2 unspecified atom stereocenters. The lowest BCUT2D eigenvalue weighted by Gasteiger charge is -2.24. The number of nitrogens with one attached hydrogen (secondary N) is 3. The average molecular weight is 493 g/mol. The summed E-state index contributed by atoms with van der Waals surface area (Å²) < 4.78 is 0.931. The molecule has 3 N–H and O–H groups in total. The monoisotopic (exact) mass is 491 g/mol. The van der Waals surface area contributed by atoms with Gasteiger partial charge in [0, 0.05) is 10.2 Å². The predicted molar refractivity (Wildman–Crippen MR) is 121 cm³/mol. The lowest BCUT2D eigenvalue weighted by molar-refractivity contribution is -0.128. The second-order valence-corrected chi connectivity index (χ2v) is 8.89. The summed E-state index contributed by atoms with van der Waals surface area (Å²) >= 11 is 9.53. The number of carbonyl (C=O) groups is 3. The molecule has 0 radical (unpaired) electrons. The van der Waals surface area contributed by atoms with Crippen LogP contribution in [0.15, 0.2) is 46.9 Å². The van der Waals surface area contributed by atoms with E-state index in [-0.39, 0.29) is 11.8 Å². The fraction of sp³-hybridized carbons (Fsp3) is 0.318. The van der Waals surface area contributed by atoms with Gasteiger partial charge >= 0.3 is 0 Å². The number of hydrogen-bond acceptors (Lipinski definition) is 3. The van der Waals surface area contributed by atoms with Gasteiger partial charge in [-0.15, -0.1) is 0 Å². The van der Waals surface area contributed by atoms with E-state index >= 15 is 0 Å². The van der Waals surface area contributed by atoms with Crippen molar-refractivity contribution < 1.29 is 14.4 Å². The minimum Gasteiger partial charge on any atom is -0.342 e. The van der Waals surface area contributed by atoms with Gasteiger partial charge in [-0.2, -0.15) is 0 Å². The standard InChI is InChI=1S/C22H23BrClN3O3/c1-12(2)19(27-20(28)15-5-3-4-6-16(15)24)22(30)26-18-9-7-13-11-14(23)8-10-17(13)25-21(18)29/h3-6,8,10-12,18-19H,7,9H2,1-2H3,(H,25,29)(H,26,30)(H,27,28). The van der Waals surface area contributed by atoms with E-state index in [4.69, 9.17) is 11.6 Å². The highest BCUT2D eigenvalue weighted by molar-refractivity contribution is 9.10. The smallest absolute Gasteiger partial charge is 0.253 e. The van der Waals surface area contributed by atoms with Crippen LogP contribution in [-0.4, -0.2) is 29.8 Å². The van der Waals surface area contributed by atoms with Gasteiger partial charge in [0.1, 0.15) is 12.1 Å². The minimum absolute atomic E-state index is 0.182. The van der Waals surface area contributed by atoms with Crippen LogP contribution in [0.2, 0.25) is 5.02 Å². The Labute approximate surface area is 188 Å². The molecule has 0 bridgehead atoms. The molecule has 2 aromatic rings. The number of benzene rings is 2. The molecule has 1 aliphatic rings. The van der Waals surface area contributed by atoms with Crippen LogP contribution >= 0.6 is 27.5 Å². The van der Waals surface area contributed by atoms with E-state index in [1.807, 2.05) is 32.0 Å². The van der Waals surface area contributed by atoms with E-state index in [0.29, 0.717) is 23.4 Å². The highest BCUT2D eigenvalue weighted by Gasteiger charge is 2.30. The molecular weight excluding hydrogens is 470 g/mol. The molecule has 30 heavy (non-hydrogen) atoms. The Kier molecular flexibility index (Phi) is 7.15. The first-order chi connectivity index (χ1) is 14.3. The van der Waals surface area contributed by atoms with Gasteiger partial charge in [0.25, 0.3) is 5.91 Å². The summed E-state index contributed by atoms with van der Waals surface area (Å²) in [5, 5.41) is 8.72. The second-order valence-electron chi connectivity index (χ2n) is 7.57. The highest BCUT2D eigenvalue weighted by Crippen LogP contribution is 2.25. The number of amides is 3. The van der Waals surface area contributed by atoms with Crippen LogP contribution in [0.25, 0.3) is 0 Å². The lowest BCUT2D eigenvalue weighted by atomic mass is 10.0. The predicted octanol–water partition coefficient (Wildman–Crippen LogP) is 3.93. The number of aryl methyl sites for hydroxylation is 1. The van der Waals surface area contributed by atoms with Gasteiger partial charge in [-0.05, 0) is 54.7 Å². The SMILES string of the molecule is CC(C)C(NC(=O)c1ccccc1Cl)C(=O)NC1CCc2cc(Br)ccc2NC1=O. The van der Waals surface area contributed by atoms with Crippen molar-refractivity contribution in [3.63, 3.8) is 0 Å². The number of hydrogen-bond donors (Lipinski definition) is 3. The summed E-state index contributed by atoms with van der Waals surface area (Å²) in [6.07, 6.45) is 1.10. The Morgan fingerprint density at radius 2 is 1.93 bits per heavy atom. The number of rotatable bonds is 5. The molecule has 0 aromatic heterocycles. The summed E-state index contributed by atoms with van der Waals surface area (Å²) in [4.78, 5) is 38.2. The molecule has 1 aliphatic heterocycles. The first-order valence-electron chi connectivity index (χ1n) is 9.71. The van der Waals surface area contributed by atoms with Gasteiger partial charge in [0.2, 0.25) is 11.8 Å². The van der Waals surface area contributed by atoms with Crippen LogP contribution in [0.5, 0.6) is 0 Å². The van der Waals surface area contributed by atoms with Gasteiger partial charge in [0.05, 0.1) is 10.6 Å². The summed E-state index contributed by atoms with van der Waals surface area (Å²) in [6.45, 7) is 3.66. The van der Waals surface area contributed by atoms with Crippen molar-refractivity contribution in [1.82, 2.24) is 10.6 Å². The summed E-state index contributed by atoms with van der Waals surface area (Å²) in [5.74, 6) is -1.29. The van der Waals surface area contributed by atoms with Gasteiger partial charge < -0.3 is 16.0 Å². The van der Waals surface area contributed by atoms with Crippen molar-refractivity contribution in [2.75, 3.05) is 5.32 Å². The van der Waals surface area contributed by atoms with Crippen LogP contribution in [0.4, 0.5) is 5.69 Å². The number of anilines is 1. The Hall–Kier alpha value is -2.38. The quantitative estimate of drug-likeness (QED) is 0.591. The van der Waals surface area contributed by atoms with Crippen molar-refractivity contribution in [3.05, 3.63) is 63.1 Å². The first-order valence-corrected chi connectivity index (χ1v) is 10.9. The van der Waals surface area contributed by atoms with Gasteiger partial charge in [0.15, 0.2) is 0 Å². The molecular formula is C22H23BrClN3O3. The van der Waals surface area contributed by atoms with Gasteiger partial charge in [-0.3, -0.25) is 14.4 Å². The summed E-state index contributed by atoms with van der Waals surface area (Å²) in [7, 11) is 0. The summed E-state index contributed by atoms with van der Waals surface area (Å²) in [5.41, 5.74) is 2.04. The Balaban J connectivity index is 1.70. The Morgan fingerprint density at radius 1 is 1.20 bits per heavy atom. The van der Waals surface area contributed by atoms with Crippen molar-refractivity contribution in [2.45, 2.75) is 38.8 Å². The van der Waals surface area contributed by atoms with Crippen LogP contribution in [-0.2, 0) is 16.0 Å². The third-order valence-electron chi connectivity index (χ3n) is 5.01. The van der Waals surface area contributed by atoms with Crippen LogP contribution < -0.4 is 16.0 Å².